The Morgan fingerprint density at radius 1 is 1.41 bits per heavy atom. The minimum Gasteiger partial charge on any atom is -0.395 e. The summed E-state index contributed by atoms with van der Waals surface area (Å²) in [5.74, 6) is 0. The van der Waals surface area contributed by atoms with Gasteiger partial charge in [0.1, 0.15) is 0 Å². The lowest BCUT2D eigenvalue weighted by molar-refractivity contribution is 0.121. The highest BCUT2D eigenvalue weighted by atomic mass is 16.3. The number of aliphatic hydroxyl groups excluding tert-OH is 1. The molecule has 0 aromatic heterocycles. The van der Waals surface area contributed by atoms with Gasteiger partial charge in [-0.25, -0.2) is 0 Å². The molecule has 1 rings (SSSR count). The lowest BCUT2D eigenvalue weighted by Crippen LogP contribution is -2.45. The van der Waals surface area contributed by atoms with E-state index in [0.29, 0.717) is 11.5 Å². The van der Waals surface area contributed by atoms with Gasteiger partial charge in [0, 0.05) is 31.7 Å². The van der Waals surface area contributed by atoms with E-state index in [0.717, 1.165) is 25.7 Å². The smallest absolute Gasteiger partial charge is 0.0558 e. The summed E-state index contributed by atoms with van der Waals surface area (Å²) in [6.45, 7) is 12.3. The summed E-state index contributed by atoms with van der Waals surface area (Å²) >= 11 is 0. The summed E-state index contributed by atoms with van der Waals surface area (Å²) < 4.78 is 0. The van der Waals surface area contributed by atoms with Gasteiger partial charge in [0.2, 0.25) is 0 Å². The number of nitrogens with zero attached hydrogens (tertiary/aromatic N) is 1. The van der Waals surface area contributed by atoms with Crippen LogP contribution in [0.25, 0.3) is 0 Å². The largest absolute Gasteiger partial charge is 0.395 e. The highest BCUT2D eigenvalue weighted by molar-refractivity contribution is 4.89. The maximum atomic E-state index is 9.14. The van der Waals surface area contributed by atoms with E-state index in [1.165, 1.54) is 19.3 Å². The van der Waals surface area contributed by atoms with Crippen molar-refractivity contribution in [2.45, 2.75) is 59.0 Å². The van der Waals surface area contributed by atoms with E-state index in [2.05, 4.69) is 37.9 Å². The number of hydrogen-bond donors (Lipinski definition) is 2. The highest BCUT2D eigenvalue weighted by Gasteiger charge is 2.33. The Hall–Kier alpha value is -0.120. The fourth-order valence-electron chi connectivity index (χ4n) is 2.19. The Labute approximate surface area is 107 Å². The fraction of sp³-hybridized carbons (Fsp3) is 1.00. The third-order valence-electron chi connectivity index (χ3n) is 3.83. The fourth-order valence-corrected chi connectivity index (χ4v) is 2.19. The van der Waals surface area contributed by atoms with Gasteiger partial charge in [0.05, 0.1) is 6.61 Å². The zero-order valence-electron chi connectivity index (χ0n) is 12.0. The van der Waals surface area contributed by atoms with Crippen molar-refractivity contribution in [3.63, 3.8) is 0 Å². The summed E-state index contributed by atoms with van der Waals surface area (Å²) in [5.41, 5.74) is 0.321. The van der Waals surface area contributed by atoms with E-state index in [1.54, 1.807) is 0 Å². The first-order valence-corrected chi connectivity index (χ1v) is 7.09. The zero-order valence-corrected chi connectivity index (χ0v) is 12.0. The van der Waals surface area contributed by atoms with Crippen molar-refractivity contribution in [1.82, 2.24) is 10.2 Å². The molecule has 3 heteroatoms. The lowest BCUT2D eigenvalue weighted by atomic mass is 9.86. The van der Waals surface area contributed by atoms with E-state index < -0.39 is 0 Å². The summed E-state index contributed by atoms with van der Waals surface area (Å²) in [7, 11) is 0. The van der Waals surface area contributed by atoms with E-state index in [-0.39, 0.29) is 6.61 Å². The molecule has 0 radical (unpaired) electrons. The molecule has 3 nitrogen and oxygen atoms in total. The third kappa shape index (κ3) is 5.36. The van der Waals surface area contributed by atoms with Crippen LogP contribution in [0, 0.1) is 5.41 Å². The van der Waals surface area contributed by atoms with Gasteiger partial charge in [-0.3, -0.25) is 4.90 Å². The molecule has 0 bridgehead atoms. The minimum absolute atomic E-state index is 0.286. The van der Waals surface area contributed by atoms with E-state index in [1.807, 2.05) is 0 Å². The molecule has 2 N–H and O–H groups in total. The van der Waals surface area contributed by atoms with Crippen molar-refractivity contribution in [2.24, 2.45) is 5.41 Å². The Balaban J connectivity index is 2.46. The molecule has 17 heavy (non-hydrogen) atoms. The van der Waals surface area contributed by atoms with Crippen molar-refractivity contribution < 1.29 is 5.11 Å². The van der Waals surface area contributed by atoms with Gasteiger partial charge in [-0.15, -0.1) is 0 Å². The molecule has 1 atom stereocenters. The number of nitrogens with one attached hydrogen (secondary N) is 1. The van der Waals surface area contributed by atoms with E-state index in [4.69, 9.17) is 5.11 Å². The minimum atomic E-state index is 0.286. The van der Waals surface area contributed by atoms with Crippen LogP contribution in [0.2, 0.25) is 0 Å². The van der Waals surface area contributed by atoms with Gasteiger partial charge >= 0.3 is 0 Å². The van der Waals surface area contributed by atoms with Crippen LogP contribution in [0.1, 0.15) is 47.0 Å². The van der Waals surface area contributed by atoms with Crippen LogP contribution in [0.3, 0.4) is 0 Å². The number of rotatable bonds is 9. The molecule has 1 fully saturated rings. The SMILES string of the molecule is CCC(C)(CNC(C)C)CN(CCO)C1CC1. The Morgan fingerprint density at radius 2 is 2.06 bits per heavy atom. The molecule has 0 aromatic rings. The maximum Gasteiger partial charge on any atom is 0.0558 e. The molecule has 1 unspecified atom stereocenters. The number of hydrogen-bond acceptors (Lipinski definition) is 3. The highest BCUT2D eigenvalue weighted by Crippen LogP contribution is 2.31. The van der Waals surface area contributed by atoms with Crippen LogP contribution in [0.5, 0.6) is 0 Å². The van der Waals surface area contributed by atoms with Crippen molar-refractivity contribution in [3.8, 4) is 0 Å². The monoisotopic (exact) mass is 242 g/mol. The predicted octanol–water partition coefficient (Wildman–Crippen LogP) is 1.86. The normalized spacial score (nSPS) is 19.9. The first-order valence-electron chi connectivity index (χ1n) is 7.09. The molecule has 0 aromatic carbocycles. The van der Waals surface area contributed by atoms with E-state index in [9.17, 15) is 0 Å². The van der Waals surface area contributed by atoms with Crippen LogP contribution < -0.4 is 5.32 Å². The third-order valence-corrected chi connectivity index (χ3v) is 3.83. The first-order chi connectivity index (χ1) is 8.00. The van der Waals surface area contributed by atoms with Crippen molar-refractivity contribution in [3.05, 3.63) is 0 Å². The van der Waals surface area contributed by atoms with Gasteiger partial charge < -0.3 is 10.4 Å². The first kappa shape index (κ1) is 14.9. The number of aliphatic hydroxyl groups is 1. The second-order valence-corrected chi connectivity index (χ2v) is 6.13. The molecule has 1 aliphatic carbocycles. The molecule has 102 valence electrons. The van der Waals surface area contributed by atoms with Crippen LogP contribution in [0.15, 0.2) is 0 Å². The van der Waals surface area contributed by atoms with Crippen molar-refractivity contribution >= 4 is 0 Å². The van der Waals surface area contributed by atoms with Gasteiger partial charge in [0.15, 0.2) is 0 Å². The summed E-state index contributed by atoms with van der Waals surface area (Å²) in [6, 6.07) is 1.29. The average molecular weight is 242 g/mol. The average Bonchev–Trinajstić information content (AvgIpc) is 3.10. The second-order valence-electron chi connectivity index (χ2n) is 6.13. The standard InChI is InChI=1S/C14H30N2O/c1-5-14(4,10-15-12(2)3)11-16(8-9-17)13-6-7-13/h12-13,15,17H,5-11H2,1-4H3. The van der Waals surface area contributed by atoms with Crippen LogP contribution >= 0.6 is 0 Å². The Bertz CT molecular complexity index is 216. The summed E-state index contributed by atoms with van der Waals surface area (Å²) in [5, 5.41) is 12.7. The Morgan fingerprint density at radius 3 is 2.47 bits per heavy atom. The topological polar surface area (TPSA) is 35.5 Å². The molecule has 0 amide bonds. The molecule has 0 saturated heterocycles. The van der Waals surface area contributed by atoms with Crippen LogP contribution in [0.4, 0.5) is 0 Å². The van der Waals surface area contributed by atoms with Gasteiger partial charge in [0.25, 0.3) is 0 Å². The predicted molar refractivity (Wildman–Crippen MR) is 73.2 cm³/mol. The van der Waals surface area contributed by atoms with Crippen molar-refractivity contribution in [1.29, 1.82) is 0 Å². The molecule has 1 saturated carbocycles. The molecule has 0 spiro atoms. The van der Waals surface area contributed by atoms with Gasteiger partial charge in [-0.05, 0) is 24.7 Å². The van der Waals surface area contributed by atoms with E-state index >= 15 is 0 Å². The summed E-state index contributed by atoms with van der Waals surface area (Å²) in [6.07, 6.45) is 3.82. The van der Waals surface area contributed by atoms with Gasteiger partial charge in [-0.2, -0.15) is 0 Å². The van der Waals surface area contributed by atoms with Gasteiger partial charge in [-0.1, -0.05) is 27.7 Å². The second kappa shape index (κ2) is 6.72. The van der Waals surface area contributed by atoms with Crippen molar-refractivity contribution in [2.75, 3.05) is 26.2 Å². The molecule has 0 aliphatic heterocycles. The molecular formula is C14H30N2O. The molecule has 1 aliphatic rings. The quantitative estimate of drug-likeness (QED) is 0.648. The zero-order chi connectivity index (χ0) is 12.9. The maximum absolute atomic E-state index is 9.14. The van der Waals surface area contributed by atoms with Crippen LogP contribution in [-0.2, 0) is 0 Å². The van der Waals surface area contributed by atoms with Crippen LogP contribution in [-0.4, -0.2) is 48.3 Å². The lowest BCUT2D eigenvalue weighted by Gasteiger charge is -2.35. The molecular weight excluding hydrogens is 212 g/mol. The molecule has 0 heterocycles. The Kier molecular flexibility index (Phi) is 5.90. The summed E-state index contributed by atoms with van der Waals surface area (Å²) in [4.78, 5) is 2.48.